The summed E-state index contributed by atoms with van der Waals surface area (Å²) in [7, 11) is 0. The molecule has 1 amide bonds. The van der Waals surface area contributed by atoms with Gasteiger partial charge in [-0.25, -0.2) is 0 Å². The van der Waals surface area contributed by atoms with Crippen molar-refractivity contribution in [3.63, 3.8) is 0 Å². The predicted molar refractivity (Wildman–Crippen MR) is 176 cm³/mol. The summed E-state index contributed by atoms with van der Waals surface area (Å²) >= 11 is 0. The maximum atomic E-state index is 12.2. The monoisotopic (exact) mass is 599 g/mol. The summed E-state index contributed by atoms with van der Waals surface area (Å²) in [5, 5.41) is 11.6. The molecule has 0 aliphatic heterocycles. The van der Waals surface area contributed by atoms with Crippen LogP contribution < -0.4 is 11.1 Å². The molecule has 0 heterocycles. The summed E-state index contributed by atoms with van der Waals surface area (Å²) < 4.78 is 12.0. The Morgan fingerprint density at radius 1 is 0.619 bits per heavy atom. The van der Waals surface area contributed by atoms with Gasteiger partial charge in [0.2, 0.25) is 5.91 Å². The molecule has 0 radical (unpaired) electrons. The molecule has 4 N–H and O–H groups in total. The van der Waals surface area contributed by atoms with E-state index >= 15 is 0 Å². The lowest BCUT2D eigenvalue weighted by Crippen LogP contribution is -2.45. The molecule has 0 aromatic rings. The summed E-state index contributed by atoms with van der Waals surface area (Å²) in [5.41, 5.74) is 5.70. The fourth-order valence-electron chi connectivity index (χ4n) is 5.25. The minimum atomic E-state index is -1.08. The van der Waals surface area contributed by atoms with Crippen LogP contribution in [0.4, 0.5) is 0 Å². The Labute approximate surface area is 259 Å². The highest BCUT2D eigenvalue weighted by atomic mass is 16.5. The average Bonchev–Trinajstić information content (AvgIpc) is 2.97. The molecule has 7 heteroatoms. The molecule has 42 heavy (non-hydrogen) atoms. The number of hydrogen-bond acceptors (Lipinski definition) is 5. The third kappa shape index (κ3) is 30.3. The van der Waals surface area contributed by atoms with Gasteiger partial charge in [-0.1, -0.05) is 155 Å². The second-order valence-electron chi connectivity index (χ2n) is 12.3. The first-order chi connectivity index (χ1) is 20.5. The lowest BCUT2D eigenvalue weighted by atomic mass is 10.1. The first-order valence-electron chi connectivity index (χ1n) is 18.0. The van der Waals surface area contributed by atoms with Gasteiger partial charge < -0.3 is 25.6 Å². The second kappa shape index (κ2) is 32.7. The van der Waals surface area contributed by atoms with Crippen LogP contribution in [0.1, 0.15) is 174 Å². The number of nitrogens with one attached hydrogen (secondary N) is 1. The fourth-order valence-corrected chi connectivity index (χ4v) is 5.25. The SMILES string of the molecule is CCCCCCCCCCCCCCOCC(CNC(=O)[C@@H](N)CC(=O)O)OCCCCCCCCCCCCCC. The Hall–Kier alpha value is -1.18. The Bertz CT molecular complexity index is 590. The van der Waals surface area contributed by atoms with Crippen LogP contribution in [-0.2, 0) is 19.1 Å². The van der Waals surface area contributed by atoms with Gasteiger partial charge in [0.1, 0.15) is 0 Å². The van der Waals surface area contributed by atoms with Crippen molar-refractivity contribution in [2.24, 2.45) is 5.73 Å². The van der Waals surface area contributed by atoms with Gasteiger partial charge in [0, 0.05) is 19.8 Å². The normalized spacial score (nSPS) is 12.8. The number of unbranched alkanes of at least 4 members (excludes halogenated alkanes) is 22. The van der Waals surface area contributed by atoms with Gasteiger partial charge in [-0.15, -0.1) is 0 Å². The minimum absolute atomic E-state index is 0.254. The molecule has 7 nitrogen and oxygen atoms in total. The number of aliphatic carboxylic acids is 1. The number of amides is 1. The zero-order valence-electron chi connectivity index (χ0n) is 27.8. The maximum absolute atomic E-state index is 12.2. The van der Waals surface area contributed by atoms with E-state index in [0.29, 0.717) is 19.8 Å². The number of hydrogen-bond donors (Lipinski definition) is 3. The van der Waals surface area contributed by atoms with E-state index in [9.17, 15) is 9.59 Å². The highest BCUT2D eigenvalue weighted by molar-refractivity contribution is 5.85. The standard InChI is InChI=1S/C35H70N2O5/c1-3-5-7-9-11-13-15-17-19-21-23-25-27-41-31-32(30-37-35(40)33(36)29-34(38)39)42-28-26-24-22-20-18-16-14-12-10-8-6-4-2/h32-33H,3-31,36H2,1-2H3,(H,37,40)(H,38,39)/t32?,33-/m0/s1. The molecule has 0 fully saturated rings. The topological polar surface area (TPSA) is 111 Å². The predicted octanol–water partition coefficient (Wildman–Crippen LogP) is 8.71. The molecule has 2 atom stereocenters. The zero-order chi connectivity index (χ0) is 30.9. The molecule has 0 bridgehead atoms. The molecule has 0 spiro atoms. The lowest BCUT2D eigenvalue weighted by Gasteiger charge is -2.20. The van der Waals surface area contributed by atoms with E-state index in [-0.39, 0.29) is 19.1 Å². The van der Waals surface area contributed by atoms with Crippen LogP contribution in [0.2, 0.25) is 0 Å². The molecular formula is C35H70N2O5. The van der Waals surface area contributed by atoms with Crippen molar-refractivity contribution >= 4 is 11.9 Å². The molecule has 0 rings (SSSR count). The van der Waals surface area contributed by atoms with Crippen molar-refractivity contribution in [3.05, 3.63) is 0 Å². The molecular weight excluding hydrogens is 528 g/mol. The first-order valence-corrected chi connectivity index (χ1v) is 18.0. The van der Waals surface area contributed by atoms with Crippen LogP contribution in [0.5, 0.6) is 0 Å². The molecule has 0 aromatic heterocycles. The molecule has 0 aliphatic carbocycles. The Morgan fingerprint density at radius 2 is 1.00 bits per heavy atom. The third-order valence-corrected chi connectivity index (χ3v) is 8.03. The quantitative estimate of drug-likeness (QED) is 0.0639. The lowest BCUT2D eigenvalue weighted by molar-refractivity contribution is -0.139. The van der Waals surface area contributed by atoms with E-state index in [0.717, 1.165) is 19.3 Å². The third-order valence-electron chi connectivity index (χ3n) is 8.03. The van der Waals surface area contributed by atoms with E-state index < -0.39 is 17.9 Å². The van der Waals surface area contributed by atoms with Crippen LogP contribution in [0.3, 0.4) is 0 Å². The highest BCUT2D eigenvalue weighted by Crippen LogP contribution is 2.13. The molecule has 0 aromatic carbocycles. The van der Waals surface area contributed by atoms with E-state index in [1.54, 1.807) is 0 Å². The van der Waals surface area contributed by atoms with E-state index in [2.05, 4.69) is 19.2 Å². The number of carboxylic acid groups (broad SMARTS) is 1. The number of carbonyl (C=O) groups excluding carboxylic acids is 1. The average molecular weight is 599 g/mol. The largest absolute Gasteiger partial charge is 0.481 e. The summed E-state index contributed by atoms with van der Waals surface area (Å²) in [5.74, 6) is -1.54. The fraction of sp³-hybridized carbons (Fsp3) is 0.943. The van der Waals surface area contributed by atoms with E-state index in [1.807, 2.05) is 0 Å². The van der Waals surface area contributed by atoms with Crippen LogP contribution in [0, 0.1) is 0 Å². The Morgan fingerprint density at radius 3 is 1.40 bits per heavy atom. The van der Waals surface area contributed by atoms with Gasteiger partial charge in [-0.3, -0.25) is 9.59 Å². The Balaban J connectivity index is 4.00. The molecule has 0 saturated carbocycles. The van der Waals surface area contributed by atoms with Crippen molar-refractivity contribution in [2.45, 2.75) is 187 Å². The molecule has 1 unspecified atom stereocenters. The van der Waals surface area contributed by atoms with E-state index in [4.69, 9.17) is 20.3 Å². The van der Waals surface area contributed by atoms with Crippen molar-refractivity contribution in [3.8, 4) is 0 Å². The minimum Gasteiger partial charge on any atom is -0.481 e. The van der Waals surface area contributed by atoms with Gasteiger partial charge in [0.25, 0.3) is 0 Å². The maximum Gasteiger partial charge on any atom is 0.305 e. The zero-order valence-corrected chi connectivity index (χ0v) is 27.8. The second-order valence-corrected chi connectivity index (χ2v) is 12.3. The smallest absolute Gasteiger partial charge is 0.305 e. The van der Waals surface area contributed by atoms with Gasteiger partial charge in [0.15, 0.2) is 0 Å². The highest BCUT2D eigenvalue weighted by Gasteiger charge is 2.19. The van der Waals surface area contributed by atoms with Crippen LogP contribution in [0.25, 0.3) is 0 Å². The van der Waals surface area contributed by atoms with Crippen molar-refractivity contribution in [2.75, 3.05) is 26.4 Å². The molecule has 0 aliphatic rings. The van der Waals surface area contributed by atoms with Crippen LogP contribution in [-0.4, -0.2) is 55.5 Å². The number of ether oxygens (including phenoxy) is 2. The summed E-state index contributed by atoms with van der Waals surface area (Å²) in [4.78, 5) is 23.0. The molecule has 250 valence electrons. The number of rotatable bonds is 34. The van der Waals surface area contributed by atoms with E-state index in [1.165, 1.54) is 135 Å². The molecule has 0 saturated heterocycles. The van der Waals surface area contributed by atoms with Crippen molar-refractivity contribution in [1.82, 2.24) is 5.32 Å². The van der Waals surface area contributed by atoms with Crippen LogP contribution >= 0.6 is 0 Å². The van der Waals surface area contributed by atoms with Gasteiger partial charge in [-0.2, -0.15) is 0 Å². The number of carboxylic acids is 1. The van der Waals surface area contributed by atoms with Crippen molar-refractivity contribution < 1.29 is 24.2 Å². The van der Waals surface area contributed by atoms with Crippen LogP contribution in [0.15, 0.2) is 0 Å². The summed E-state index contributed by atoms with van der Waals surface area (Å²) in [6, 6.07) is -1.05. The summed E-state index contributed by atoms with van der Waals surface area (Å²) in [6.07, 6.45) is 30.7. The Kier molecular flexibility index (Phi) is 31.8. The number of nitrogens with two attached hydrogens (primary N) is 1. The van der Waals surface area contributed by atoms with Gasteiger partial charge in [0.05, 0.1) is 25.2 Å². The summed E-state index contributed by atoms with van der Waals surface area (Å²) in [6.45, 7) is 6.57. The first kappa shape index (κ1) is 40.8. The number of carbonyl (C=O) groups is 2. The van der Waals surface area contributed by atoms with Crippen molar-refractivity contribution in [1.29, 1.82) is 0 Å². The van der Waals surface area contributed by atoms with Gasteiger partial charge >= 0.3 is 5.97 Å². The van der Waals surface area contributed by atoms with Gasteiger partial charge in [-0.05, 0) is 12.8 Å².